The van der Waals surface area contributed by atoms with Gasteiger partial charge >= 0.3 is 0 Å². The third-order valence-electron chi connectivity index (χ3n) is 4.72. The van der Waals surface area contributed by atoms with Gasteiger partial charge in [-0.15, -0.1) is 0 Å². The molecule has 1 aliphatic carbocycles. The first kappa shape index (κ1) is 13.9. The number of likely N-dealkylation sites (tertiary alicyclic amines) is 1. The van der Waals surface area contributed by atoms with Gasteiger partial charge in [0.2, 0.25) is 5.89 Å². The van der Waals surface area contributed by atoms with E-state index in [1.165, 1.54) is 31.2 Å². The molecule has 1 atom stereocenters. The van der Waals surface area contributed by atoms with Gasteiger partial charge in [0.05, 0.1) is 6.54 Å². The summed E-state index contributed by atoms with van der Waals surface area (Å²) in [5.74, 6) is 3.05. The molecule has 0 radical (unpaired) electrons. The molecule has 4 rings (SSSR count). The van der Waals surface area contributed by atoms with Gasteiger partial charge in [-0.3, -0.25) is 9.88 Å². The molecule has 22 heavy (non-hydrogen) atoms. The molecule has 5 nitrogen and oxygen atoms in total. The zero-order valence-corrected chi connectivity index (χ0v) is 12.8. The standard InChI is InChI=1S/C17H22N4O/c1-2-15(14-5-7-18-8-6-14)11-21(9-1)12-17-19-16(20-22-17)10-13-3-4-13/h5-8,13,15H,1-4,9-12H2. The lowest BCUT2D eigenvalue weighted by Crippen LogP contribution is -2.34. The molecule has 0 amide bonds. The van der Waals surface area contributed by atoms with Crippen molar-refractivity contribution in [3.63, 3.8) is 0 Å². The van der Waals surface area contributed by atoms with Gasteiger partial charge in [0, 0.05) is 25.4 Å². The topological polar surface area (TPSA) is 55.1 Å². The lowest BCUT2D eigenvalue weighted by Gasteiger charge is -2.31. The van der Waals surface area contributed by atoms with Gasteiger partial charge in [0.15, 0.2) is 5.82 Å². The Balaban J connectivity index is 1.36. The van der Waals surface area contributed by atoms with E-state index in [0.717, 1.165) is 43.7 Å². The molecular weight excluding hydrogens is 276 g/mol. The molecule has 116 valence electrons. The van der Waals surface area contributed by atoms with Crippen LogP contribution in [0.25, 0.3) is 0 Å². The predicted octanol–water partition coefficient (Wildman–Crippen LogP) is 2.80. The molecule has 1 saturated carbocycles. The third kappa shape index (κ3) is 3.35. The van der Waals surface area contributed by atoms with E-state index in [-0.39, 0.29) is 0 Å². The second kappa shape index (κ2) is 6.16. The van der Waals surface area contributed by atoms with Crippen molar-refractivity contribution in [2.45, 2.75) is 44.6 Å². The first-order valence-electron chi connectivity index (χ1n) is 8.30. The molecular formula is C17H22N4O. The maximum atomic E-state index is 5.42. The van der Waals surface area contributed by atoms with Crippen molar-refractivity contribution in [1.29, 1.82) is 0 Å². The van der Waals surface area contributed by atoms with Gasteiger partial charge in [-0.25, -0.2) is 0 Å². The van der Waals surface area contributed by atoms with Crippen molar-refractivity contribution >= 4 is 0 Å². The second-order valence-corrected chi connectivity index (χ2v) is 6.61. The Morgan fingerprint density at radius 3 is 2.86 bits per heavy atom. The van der Waals surface area contributed by atoms with Crippen LogP contribution in [0.5, 0.6) is 0 Å². The third-order valence-corrected chi connectivity index (χ3v) is 4.72. The Morgan fingerprint density at radius 1 is 1.18 bits per heavy atom. The molecule has 2 aromatic rings. The van der Waals surface area contributed by atoms with Gasteiger partial charge in [-0.2, -0.15) is 4.98 Å². The fourth-order valence-corrected chi connectivity index (χ4v) is 3.32. The van der Waals surface area contributed by atoms with E-state index in [1.807, 2.05) is 12.4 Å². The summed E-state index contributed by atoms with van der Waals surface area (Å²) in [5.41, 5.74) is 1.39. The first-order chi connectivity index (χ1) is 10.9. The molecule has 1 saturated heterocycles. The fourth-order valence-electron chi connectivity index (χ4n) is 3.32. The second-order valence-electron chi connectivity index (χ2n) is 6.61. The van der Waals surface area contributed by atoms with Crippen molar-refractivity contribution in [3.8, 4) is 0 Å². The highest BCUT2D eigenvalue weighted by atomic mass is 16.5. The summed E-state index contributed by atoms with van der Waals surface area (Å²) < 4.78 is 5.42. The van der Waals surface area contributed by atoms with Crippen LogP contribution in [-0.2, 0) is 13.0 Å². The lowest BCUT2D eigenvalue weighted by molar-refractivity contribution is 0.177. The summed E-state index contributed by atoms with van der Waals surface area (Å²) in [4.78, 5) is 11.1. The predicted molar refractivity (Wildman–Crippen MR) is 82.2 cm³/mol. The quantitative estimate of drug-likeness (QED) is 0.849. The highest BCUT2D eigenvalue weighted by Crippen LogP contribution is 2.32. The Hall–Kier alpha value is -1.75. The van der Waals surface area contributed by atoms with Crippen LogP contribution < -0.4 is 0 Å². The SMILES string of the molecule is c1cc(C2CCCN(Cc3nc(CC4CC4)no3)C2)ccn1. The Morgan fingerprint density at radius 2 is 2.05 bits per heavy atom. The molecule has 2 fully saturated rings. The van der Waals surface area contributed by atoms with Crippen LogP contribution in [0.2, 0.25) is 0 Å². The molecule has 2 aliphatic rings. The first-order valence-corrected chi connectivity index (χ1v) is 8.30. The maximum Gasteiger partial charge on any atom is 0.240 e. The highest BCUT2D eigenvalue weighted by Gasteiger charge is 2.25. The lowest BCUT2D eigenvalue weighted by atomic mass is 9.91. The average Bonchev–Trinajstić information content (AvgIpc) is 3.27. The summed E-state index contributed by atoms with van der Waals surface area (Å²) in [6.07, 6.45) is 9.87. The van der Waals surface area contributed by atoms with Gasteiger partial charge in [-0.05, 0) is 61.8 Å². The molecule has 0 bridgehead atoms. The van der Waals surface area contributed by atoms with Crippen LogP contribution in [0.1, 0.15) is 48.9 Å². The minimum Gasteiger partial charge on any atom is -0.338 e. The summed E-state index contributed by atoms with van der Waals surface area (Å²) in [7, 11) is 0. The van der Waals surface area contributed by atoms with Crippen LogP contribution in [0, 0.1) is 5.92 Å². The zero-order valence-electron chi connectivity index (χ0n) is 12.8. The minimum atomic E-state index is 0.589. The normalized spacial score (nSPS) is 22.8. The Bertz CT molecular complexity index is 608. The van der Waals surface area contributed by atoms with Crippen molar-refractivity contribution in [3.05, 3.63) is 41.8 Å². The minimum absolute atomic E-state index is 0.589. The Kier molecular flexibility index (Phi) is 3.89. The number of rotatable bonds is 5. The average molecular weight is 298 g/mol. The molecule has 0 aromatic carbocycles. The smallest absolute Gasteiger partial charge is 0.240 e. The largest absolute Gasteiger partial charge is 0.338 e. The molecule has 0 spiro atoms. The number of nitrogens with zero attached hydrogens (tertiary/aromatic N) is 4. The molecule has 2 aromatic heterocycles. The summed E-state index contributed by atoms with van der Waals surface area (Å²) in [5, 5.41) is 4.12. The van der Waals surface area contributed by atoms with E-state index >= 15 is 0 Å². The van der Waals surface area contributed by atoms with Crippen molar-refractivity contribution in [2.75, 3.05) is 13.1 Å². The number of piperidine rings is 1. The van der Waals surface area contributed by atoms with Gasteiger partial charge in [-0.1, -0.05) is 5.16 Å². The van der Waals surface area contributed by atoms with E-state index in [9.17, 15) is 0 Å². The van der Waals surface area contributed by atoms with Crippen LogP contribution in [0.15, 0.2) is 29.0 Å². The maximum absolute atomic E-state index is 5.42. The van der Waals surface area contributed by atoms with Gasteiger partial charge in [0.25, 0.3) is 0 Å². The number of aromatic nitrogens is 3. The van der Waals surface area contributed by atoms with Crippen LogP contribution in [-0.4, -0.2) is 33.1 Å². The number of hydrogen-bond donors (Lipinski definition) is 0. The number of pyridine rings is 1. The van der Waals surface area contributed by atoms with Crippen molar-refractivity contribution in [2.24, 2.45) is 5.92 Å². The van der Waals surface area contributed by atoms with Gasteiger partial charge in [0.1, 0.15) is 0 Å². The van der Waals surface area contributed by atoms with E-state index in [0.29, 0.717) is 5.92 Å². The zero-order chi connectivity index (χ0) is 14.8. The van der Waals surface area contributed by atoms with Crippen molar-refractivity contribution in [1.82, 2.24) is 20.0 Å². The van der Waals surface area contributed by atoms with E-state index < -0.39 is 0 Å². The molecule has 1 aliphatic heterocycles. The van der Waals surface area contributed by atoms with Crippen LogP contribution >= 0.6 is 0 Å². The molecule has 1 unspecified atom stereocenters. The summed E-state index contributed by atoms with van der Waals surface area (Å²) >= 11 is 0. The Labute approximate surface area is 130 Å². The van der Waals surface area contributed by atoms with Crippen molar-refractivity contribution < 1.29 is 4.52 Å². The molecule has 0 N–H and O–H groups in total. The van der Waals surface area contributed by atoms with Crippen LogP contribution in [0.4, 0.5) is 0 Å². The van der Waals surface area contributed by atoms with Crippen LogP contribution in [0.3, 0.4) is 0 Å². The monoisotopic (exact) mass is 298 g/mol. The molecule has 5 heteroatoms. The van der Waals surface area contributed by atoms with E-state index in [2.05, 4.69) is 32.2 Å². The van der Waals surface area contributed by atoms with E-state index in [4.69, 9.17) is 4.52 Å². The summed E-state index contributed by atoms with van der Waals surface area (Å²) in [6, 6.07) is 4.27. The highest BCUT2D eigenvalue weighted by molar-refractivity contribution is 5.17. The summed E-state index contributed by atoms with van der Waals surface area (Å²) in [6.45, 7) is 2.95. The van der Waals surface area contributed by atoms with Gasteiger partial charge < -0.3 is 4.52 Å². The fraction of sp³-hybridized carbons (Fsp3) is 0.588. The van der Waals surface area contributed by atoms with E-state index in [1.54, 1.807) is 0 Å². The molecule has 3 heterocycles. The number of hydrogen-bond acceptors (Lipinski definition) is 5.